The van der Waals surface area contributed by atoms with Gasteiger partial charge in [-0.2, -0.15) is 18.3 Å². The van der Waals surface area contributed by atoms with E-state index in [9.17, 15) is 13.2 Å². The number of nitrogens with two attached hydrogens (primary N) is 1. The van der Waals surface area contributed by atoms with E-state index < -0.39 is 11.9 Å². The molecule has 108 valence electrons. The summed E-state index contributed by atoms with van der Waals surface area (Å²) in [5.74, 6) is -0.304. The molecular formula is C12H13F3N4O. The number of hydrogen-bond acceptors (Lipinski definition) is 4. The first kappa shape index (κ1) is 14.3. The second-order valence-corrected chi connectivity index (χ2v) is 4.14. The lowest BCUT2D eigenvalue weighted by Crippen LogP contribution is -2.11. The summed E-state index contributed by atoms with van der Waals surface area (Å²) in [7, 11) is 1.18. The molecule has 0 aliphatic rings. The van der Waals surface area contributed by atoms with Crippen LogP contribution in [-0.4, -0.2) is 21.9 Å². The molecule has 2 aromatic heterocycles. The average molecular weight is 286 g/mol. The fourth-order valence-corrected chi connectivity index (χ4v) is 1.73. The van der Waals surface area contributed by atoms with Crippen molar-refractivity contribution < 1.29 is 17.9 Å². The first-order valence-corrected chi connectivity index (χ1v) is 5.75. The highest BCUT2D eigenvalue weighted by Crippen LogP contribution is 2.34. The Morgan fingerprint density at radius 1 is 1.30 bits per heavy atom. The SMILES string of the molecule is COc1cc(Cn2cc(CN)cn2)cnc1C(F)(F)F. The van der Waals surface area contributed by atoms with Crippen LogP contribution < -0.4 is 10.5 Å². The molecule has 5 nitrogen and oxygen atoms in total. The van der Waals surface area contributed by atoms with Gasteiger partial charge in [-0.15, -0.1) is 0 Å². The monoisotopic (exact) mass is 286 g/mol. The Balaban J connectivity index is 2.25. The second kappa shape index (κ2) is 5.49. The number of alkyl halides is 3. The number of aromatic nitrogens is 3. The molecule has 0 spiro atoms. The van der Waals surface area contributed by atoms with Crippen molar-refractivity contribution in [2.45, 2.75) is 19.3 Å². The lowest BCUT2D eigenvalue weighted by Gasteiger charge is -2.12. The molecular weight excluding hydrogens is 273 g/mol. The molecule has 0 aromatic carbocycles. The zero-order chi connectivity index (χ0) is 14.8. The van der Waals surface area contributed by atoms with E-state index >= 15 is 0 Å². The second-order valence-electron chi connectivity index (χ2n) is 4.14. The summed E-state index contributed by atoms with van der Waals surface area (Å²) in [5.41, 5.74) is 5.83. The lowest BCUT2D eigenvalue weighted by molar-refractivity contribution is -0.142. The summed E-state index contributed by atoms with van der Waals surface area (Å²) >= 11 is 0. The molecule has 0 amide bonds. The van der Waals surface area contributed by atoms with Gasteiger partial charge >= 0.3 is 6.18 Å². The van der Waals surface area contributed by atoms with E-state index in [1.165, 1.54) is 13.2 Å². The van der Waals surface area contributed by atoms with Crippen molar-refractivity contribution >= 4 is 0 Å². The molecule has 0 saturated heterocycles. The van der Waals surface area contributed by atoms with Crippen molar-refractivity contribution in [1.29, 1.82) is 0 Å². The van der Waals surface area contributed by atoms with Crippen LogP contribution in [0.15, 0.2) is 24.7 Å². The largest absolute Gasteiger partial charge is 0.494 e. The van der Waals surface area contributed by atoms with Crippen LogP contribution in [0, 0.1) is 0 Å². The first-order valence-electron chi connectivity index (χ1n) is 5.75. The molecule has 0 aliphatic heterocycles. The number of ether oxygens (including phenoxy) is 1. The van der Waals surface area contributed by atoms with Gasteiger partial charge in [-0.1, -0.05) is 0 Å². The Morgan fingerprint density at radius 2 is 2.05 bits per heavy atom. The van der Waals surface area contributed by atoms with Gasteiger partial charge in [-0.05, 0) is 11.6 Å². The third-order valence-electron chi connectivity index (χ3n) is 2.66. The minimum absolute atomic E-state index is 0.293. The molecule has 2 aromatic rings. The quantitative estimate of drug-likeness (QED) is 0.931. The van der Waals surface area contributed by atoms with Crippen molar-refractivity contribution in [2.75, 3.05) is 7.11 Å². The van der Waals surface area contributed by atoms with E-state index in [2.05, 4.69) is 10.1 Å². The third kappa shape index (κ3) is 3.08. The van der Waals surface area contributed by atoms with Crippen molar-refractivity contribution in [3.05, 3.63) is 41.5 Å². The van der Waals surface area contributed by atoms with Crippen molar-refractivity contribution in [3.63, 3.8) is 0 Å². The fourth-order valence-electron chi connectivity index (χ4n) is 1.73. The number of methoxy groups -OCH3 is 1. The molecule has 0 unspecified atom stereocenters. The van der Waals surface area contributed by atoms with Crippen molar-refractivity contribution in [3.8, 4) is 5.75 Å². The maximum atomic E-state index is 12.7. The van der Waals surface area contributed by atoms with Crippen molar-refractivity contribution in [1.82, 2.24) is 14.8 Å². The molecule has 2 heterocycles. The number of pyridine rings is 1. The van der Waals surface area contributed by atoms with Crippen molar-refractivity contribution in [2.24, 2.45) is 5.73 Å². The topological polar surface area (TPSA) is 66.0 Å². The van der Waals surface area contributed by atoms with Gasteiger partial charge in [-0.3, -0.25) is 4.68 Å². The minimum atomic E-state index is -4.54. The zero-order valence-electron chi connectivity index (χ0n) is 10.7. The minimum Gasteiger partial charge on any atom is -0.494 e. The number of halogens is 3. The summed E-state index contributed by atoms with van der Waals surface area (Å²) in [6.45, 7) is 0.649. The molecule has 2 rings (SSSR count). The van der Waals surface area contributed by atoms with Gasteiger partial charge in [0.25, 0.3) is 0 Å². The van der Waals surface area contributed by atoms with E-state index in [0.29, 0.717) is 18.7 Å². The smallest absolute Gasteiger partial charge is 0.437 e. The summed E-state index contributed by atoms with van der Waals surface area (Å²) in [4.78, 5) is 3.43. The summed E-state index contributed by atoms with van der Waals surface area (Å²) < 4.78 is 44.3. The predicted molar refractivity (Wildman–Crippen MR) is 65.0 cm³/mol. The van der Waals surface area contributed by atoms with Crippen LogP contribution in [0.4, 0.5) is 13.2 Å². The van der Waals surface area contributed by atoms with Gasteiger partial charge in [0.1, 0.15) is 5.75 Å². The van der Waals surface area contributed by atoms with Gasteiger partial charge < -0.3 is 10.5 Å². The molecule has 0 radical (unpaired) electrons. The van der Waals surface area contributed by atoms with Gasteiger partial charge in [0, 0.05) is 24.5 Å². The van der Waals surface area contributed by atoms with Crippen LogP contribution in [0.2, 0.25) is 0 Å². The first-order chi connectivity index (χ1) is 9.44. The van der Waals surface area contributed by atoms with Gasteiger partial charge in [0.15, 0.2) is 5.69 Å². The standard InChI is InChI=1S/C12H13F3N4O/c1-20-10-2-8(4-17-11(10)12(13,14)15)6-19-7-9(3-16)5-18-19/h2,4-5,7H,3,6,16H2,1H3. The van der Waals surface area contributed by atoms with E-state index in [1.807, 2.05) is 0 Å². The third-order valence-corrected chi connectivity index (χ3v) is 2.66. The Hall–Kier alpha value is -2.09. The average Bonchev–Trinajstić information content (AvgIpc) is 2.85. The van der Waals surface area contributed by atoms with Crippen LogP contribution in [0.1, 0.15) is 16.8 Å². The Morgan fingerprint density at radius 3 is 2.60 bits per heavy atom. The number of rotatable bonds is 4. The highest BCUT2D eigenvalue weighted by molar-refractivity contribution is 5.33. The number of hydrogen-bond donors (Lipinski definition) is 1. The van der Waals surface area contributed by atoms with Gasteiger partial charge in [0.2, 0.25) is 0 Å². The van der Waals surface area contributed by atoms with Crippen LogP contribution in [0.25, 0.3) is 0 Å². The highest BCUT2D eigenvalue weighted by Gasteiger charge is 2.36. The summed E-state index contributed by atoms with van der Waals surface area (Å²) in [5, 5.41) is 4.05. The van der Waals surface area contributed by atoms with E-state index in [1.54, 1.807) is 17.1 Å². The molecule has 8 heteroatoms. The van der Waals surface area contributed by atoms with Crippen LogP contribution in [0.3, 0.4) is 0 Å². The Bertz CT molecular complexity index is 595. The van der Waals surface area contributed by atoms with Gasteiger partial charge in [-0.25, -0.2) is 4.98 Å². The molecule has 0 atom stereocenters. The molecule has 2 N–H and O–H groups in total. The molecule has 0 bridgehead atoms. The van der Waals surface area contributed by atoms with E-state index in [4.69, 9.17) is 10.5 Å². The molecule has 20 heavy (non-hydrogen) atoms. The molecule has 0 saturated carbocycles. The lowest BCUT2D eigenvalue weighted by atomic mass is 10.2. The number of nitrogens with zero attached hydrogens (tertiary/aromatic N) is 3. The van der Waals surface area contributed by atoms with Gasteiger partial charge in [0.05, 0.1) is 19.9 Å². The summed E-state index contributed by atoms with van der Waals surface area (Å²) in [6, 6.07) is 1.31. The maximum Gasteiger partial charge on any atom is 0.437 e. The van der Waals surface area contributed by atoms with Crippen LogP contribution in [-0.2, 0) is 19.3 Å². The normalized spacial score (nSPS) is 11.7. The highest BCUT2D eigenvalue weighted by atomic mass is 19.4. The fraction of sp³-hybridized carbons (Fsp3) is 0.333. The van der Waals surface area contributed by atoms with E-state index in [-0.39, 0.29) is 5.75 Å². The molecule has 0 fully saturated rings. The van der Waals surface area contributed by atoms with Crippen LogP contribution in [0.5, 0.6) is 5.75 Å². The zero-order valence-corrected chi connectivity index (χ0v) is 10.7. The molecule has 0 aliphatic carbocycles. The Kier molecular flexibility index (Phi) is 3.93. The van der Waals surface area contributed by atoms with E-state index in [0.717, 1.165) is 11.8 Å². The predicted octanol–water partition coefficient (Wildman–Crippen LogP) is 1.81. The summed E-state index contributed by atoms with van der Waals surface area (Å²) in [6.07, 6.45) is -0.0453. The van der Waals surface area contributed by atoms with Crippen LogP contribution >= 0.6 is 0 Å². The maximum absolute atomic E-state index is 12.7. The Labute approximate surface area is 113 Å².